The number of hydrogen-bond acceptors (Lipinski definition) is 3. The van der Waals surface area contributed by atoms with Gasteiger partial charge in [0.25, 0.3) is 0 Å². The van der Waals surface area contributed by atoms with Crippen molar-refractivity contribution in [2.45, 2.75) is 64.3 Å². The molecule has 1 aliphatic carbocycles. The first kappa shape index (κ1) is 21.5. The van der Waals surface area contributed by atoms with Crippen LogP contribution in [0, 0.1) is 5.41 Å². The molecule has 7 nitrogen and oxygen atoms in total. The molecule has 154 valence electrons. The molecule has 0 radical (unpaired) electrons. The van der Waals surface area contributed by atoms with E-state index in [-0.39, 0.29) is 17.2 Å². The van der Waals surface area contributed by atoms with Gasteiger partial charge in [0.05, 0.1) is 5.41 Å². The van der Waals surface area contributed by atoms with E-state index in [0.717, 1.165) is 64.0 Å². The fourth-order valence-corrected chi connectivity index (χ4v) is 4.46. The Morgan fingerprint density at radius 2 is 1.96 bits per heavy atom. The van der Waals surface area contributed by atoms with Crippen LogP contribution in [0.15, 0.2) is 4.99 Å². The number of amides is 2. The Hall–Kier alpha value is -1.79. The van der Waals surface area contributed by atoms with Gasteiger partial charge in [-0.25, -0.2) is 0 Å². The van der Waals surface area contributed by atoms with E-state index in [4.69, 9.17) is 0 Å². The van der Waals surface area contributed by atoms with Crippen LogP contribution in [-0.4, -0.2) is 74.4 Å². The lowest BCUT2D eigenvalue weighted by atomic mass is 9.84. The van der Waals surface area contributed by atoms with Crippen LogP contribution in [0.2, 0.25) is 0 Å². The molecule has 0 spiro atoms. The van der Waals surface area contributed by atoms with Crippen molar-refractivity contribution in [2.24, 2.45) is 10.4 Å². The summed E-state index contributed by atoms with van der Waals surface area (Å²) in [5.41, 5.74) is -0.310. The van der Waals surface area contributed by atoms with Gasteiger partial charge in [-0.2, -0.15) is 0 Å². The molecular weight excluding hydrogens is 342 g/mol. The maximum atomic E-state index is 12.7. The number of nitrogens with zero attached hydrogens (tertiary/aromatic N) is 3. The molecule has 1 saturated heterocycles. The summed E-state index contributed by atoms with van der Waals surface area (Å²) in [6.07, 6.45) is 7.63. The lowest BCUT2D eigenvalue weighted by Gasteiger charge is -2.31. The molecule has 1 atom stereocenters. The van der Waals surface area contributed by atoms with Crippen LogP contribution >= 0.6 is 0 Å². The molecule has 1 saturated carbocycles. The summed E-state index contributed by atoms with van der Waals surface area (Å²) in [6, 6.07) is 0.294. The van der Waals surface area contributed by atoms with Crippen LogP contribution in [0.5, 0.6) is 0 Å². The van der Waals surface area contributed by atoms with Crippen molar-refractivity contribution in [1.29, 1.82) is 0 Å². The number of carbonyl (C=O) groups is 2. The summed E-state index contributed by atoms with van der Waals surface area (Å²) in [7, 11) is 5.42. The van der Waals surface area contributed by atoms with Crippen LogP contribution in [-0.2, 0) is 9.59 Å². The maximum Gasteiger partial charge on any atom is 0.230 e. The number of nitrogens with one attached hydrogen (secondary N) is 2. The van der Waals surface area contributed by atoms with E-state index in [1.165, 1.54) is 0 Å². The van der Waals surface area contributed by atoms with E-state index in [9.17, 15) is 9.59 Å². The van der Waals surface area contributed by atoms with Gasteiger partial charge in [-0.3, -0.25) is 14.6 Å². The average molecular weight is 380 g/mol. The lowest BCUT2D eigenvalue weighted by Crippen LogP contribution is -2.49. The van der Waals surface area contributed by atoms with Crippen LogP contribution in [0.1, 0.15) is 58.3 Å². The maximum absolute atomic E-state index is 12.7. The van der Waals surface area contributed by atoms with Crippen LogP contribution < -0.4 is 10.6 Å². The third-order valence-electron chi connectivity index (χ3n) is 6.03. The molecule has 2 amide bonds. The minimum absolute atomic E-state index is 0.210. The highest BCUT2D eigenvalue weighted by molar-refractivity contribution is 5.85. The van der Waals surface area contributed by atoms with Gasteiger partial charge >= 0.3 is 0 Å². The van der Waals surface area contributed by atoms with Crippen molar-refractivity contribution in [3.8, 4) is 0 Å². The van der Waals surface area contributed by atoms with Crippen LogP contribution in [0.3, 0.4) is 0 Å². The monoisotopic (exact) mass is 379 g/mol. The lowest BCUT2D eigenvalue weighted by molar-refractivity contribution is -0.138. The van der Waals surface area contributed by atoms with Gasteiger partial charge in [0, 0.05) is 53.2 Å². The standard InChI is InChI=1S/C20H37N5O2/c1-5-16(25-14-8-9-17(25)26)10-13-22-19(21-2)23-15-20(11-6-7-12-20)18(27)24(3)4/h16H,5-15H2,1-4H3,(H2,21,22,23). The van der Waals surface area contributed by atoms with E-state index in [2.05, 4.69) is 22.5 Å². The quantitative estimate of drug-likeness (QED) is 0.496. The van der Waals surface area contributed by atoms with Crippen molar-refractivity contribution in [1.82, 2.24) is 20.4 Å². The van der Waals surface area contributed by atoms with E-state index in [1.54, 1.807) is 11.9 Å². The van der Waals surface area contributed by atoms with Gasteiger partial charge in [-0.1, -0.05) is 19.8 Å². The molecule has 2 fully saturated rings. The predicted molar refractivity (Wildman–Crippen MR) is 109 cm³/mol. The number of hydrogen-bond donors (Lipinski definition) is 2. The largest absolute Gasteiger partial charge is 0.356 e. The normalized spacial score (nSPS) is 20.7. The van der Waals surface area contributed by atoms with Crippen LogP contribution in [0.25, 0.3) is 0 Å². The van der Waals surface area contributed by atoms with Crippen LogP contribution in [0.4, 0.5) is 0 Å². The molecule has 0 aromatic heterocycles. The summed E-state index contributed by atoms with van der Waals surface area (Å²) in [4.78, 5) is 32.7. The van der Waals surface area contributed by atoms with E-state index < -0.39 is 0 Å². The van der Waals surface area contributed by atoms with E-state index >= 15 is 0 Å². The van der Waals surface area contributed by atoms with Gasteiger partial charge in [-0.05, 0) is 32.1 Å². The summed E-state index contributed by atoms with van der Waals surface area (Å²) < 4.78 is 0. The fraction of sp³-hybridized carbons (Fsp3) is 0.850. The predicted octanol–water partition coefficient (Wildman–Crippen LogP) is 1.59. The number of rotatable bonds is 8. The Morgan fingerprint density at radius 1 is 1.26 bits per heavy atom. The van der Waals surface area contributed by atoms with Crippen molar-refractivity contribution < 1.29 is 9.59 Å². The molecule has 7 heteroatoms. The second-order valence-electron chi connectivity index (χ2n) is 8.08. The summed E-state index contributed by atoms with van der Waals surface area (Å²) >= 11 is 0. The van der Waals surface area contributed by atoms with Crippen molar-refractivity contribution in [3.63, 3.8) is 0 Å². The zero-order valence-electron chi connectivity index (χ0n) is 17.5. The van der Waals surface area contributed by atoms with E-state index in [0.29, 0.717) is 19.0 Å². The molecule has 0 bridgehead atoms. The van der Waals surface area contributed by atoms with Gasteiger partial charge < -0.3 is 20.4 Å². The molecule has 1 heterocycles. The van der Waals surface area contributed by atoms with Gasteiger partial charge in [0.2, 0.25) is 11.8 Å². The van der Waals surface area contributed by atoms with Gasteiger partial charge in [0.1, 0.15) is 0 Å². The molecule has 2 aliphatic rings. The molecule has 0 aromatic rings. The number of likely N-dealkylation sites (tertiary alicyclic amines) is 1. The molecule has 1 aliphatic heterocycles. The summed E-state index contributed by atoms with van der Waals surface area (Å²) in [5, 5.41) is 6.73. The van der Waals surface area contributed by atoms with Crippen molar-refractivity contribution >= 4 is 17.8 Å². The van der Waals surface area contributed by atoms with Gasteiger partial charge in [0.15, 0.2) is 5.96 Å². The summed E-state index contributed by atoms with van der Waals surface area (Å²) in [5.74, 6) is 1.23. The Morgan fingerprint density at radius 3 is 2.48 bits per heavy atom. The number of aliphatic imine (C=N–C) groups is 1. The Kier molecular flexibility index (Phi) is 7.92. The smallest absolute Gasteiger partial charge is 0.230 e. The second-order valence-corrected chi connectivity index (χ2v) is 8.08. The van der Waals surface area contributed by atoms with Gasteiger partial charge in [-0.15, -0.1) is 0 Å². The number of carbonyl (C=O) groups excluding carboxylic acids is 2. The second kappa shape index (κ2) is 9.95. The minimum Gasteiger partial charge on any atom is -0.356 e. The Bertz CT molecular complexity index is 540. The molecule has 1 unspecified atom stereocenters. The SMILES string of the molecule is CCC(CCNC(=NC)NCC1(C(=O)N(C)C)CCCC1)N1CCCC1=O. The average Bonchev–Trinajstić information content (AvgIpc) is 3.30. The zero-order valence-corrected chi connectivity index (χ0v) is 17.5. The number of guanidine groups is 1. The first-order chi connectivity index (χ1) is 12.9. The third-order valence-corrected chi connectivity index (χ3v) is 6.03. The molecule has 27 heavy (non-hydrogen) atoms. The first-order valence-corrected chi connectivity index (χ1v) is 10.4. The highest BCUT2D eigenvalue weighted by Gasteiger charge is 2.42. The Balaban J connectivity index is 1.83. The highest BCUT2D eigenvalue weighted by atomic mass is 16.2. The third kappa shape index (κ3) is 5.36. The molecular formula is C20H37N5O2. The Labute approximate surface area is 163 Å². The van der Waals surface area contributed by atoms with Crippen molar-refractivity contribution in [3.05, 3.63) is 0 Å². The highest BCUT2D eigenvalue weighted by Crippen LogP contribution is 2.38. The molecule has 2 rings (SSSR count). The van der Waals surface area contributed by atoms with E-state index in [1.807, 2.05) is 19.0 Å². The fourth-order valence-electron chi connectivity index (χ4n) is 4.46. The summed E-state index contributed by atoms with van der Waals surface area (Å²) in [6.45, 7) is 4.40. The topological polar surface area (TPSA) is 77.0 Å². The minimum atomic E-state index is -0.310. The molecule has 2 N–H and O–H groups in total. The van der Waals surface area contributed by atoms with Crippen molar-refractivity contribution in [2.75, 3.05) is 40.8 Å². The first-order valence-electron chi connectivity index (χ1n) is 10.4. The zero-order chi connectivity index (χ0) is 19.9. The molecule has 0 aromatic carbocycles.